The molecule has 0 radical (unpaired) electrons. The van der Waals surface area contributed by atoms with Crippen molar-refractivity contribution in [1.29, 1.82) is 0 Å². The molecular weight excluding hydrogens is 604 g/mol. The quantitative estimate of drug-likeness (QED) is 0.0958. The molecule has 0 bridgehead atoms. The van der Waals surface area contributed by atoms with Crippen molar-refractivity contribution in [3.63, 3.8) is 0 Å². The number of carbonyl (C=O) groups excluding carboxylic acids is 6. The molecule has 3 aromatic rings. The van der Waals surface area contributed by atoms with Crippen molar-refractivity contribution in [2.45, 2.75) is 0 Å². The minimum absolute atomic E-state index is 0.0615. The van der Waals surface area contributed by atoms with Gasteiger partial charge in [-0.25, -0.2) is 24.0 Å². The summed E-state index contributed by atoms with van der Waals surface area (Å²) in [4.78, 5) is 72.3. The SMILES string of the molecule is C=CC(=O)COc1ccc(C(=O)Oc2ccc(OC(=O)c3ccc(OCOC(=O)C=C)cc3)c(C(=O)OCOC(=O)C=C)c2)cc1. The lowest BCUT2D eigenvalue weighted by atomic mass is 10.1. The minimum atomic E-state index is -1.08. The minimum Gasteiger partial charge on any atom is -0.485 e. The number of benzene rings is 3. The van der Waals surface area contributed by atoms with Crippen molar-refractivity contribution in [2.75, 3.05) is 20.2 Å². The summed E-state index contributed by atoms with van der Waals surface area (Å²) in [6.07, 6.45) is 2.96. The third-order valence-corrected chi connectivity index (χ3v) is 5.52. The zero-order valence-corrected chi connectivity index (χ0v) is 24.1. The zero-order chi connectivity index (χ0) is 33.5. The molecule has 13 nitrogen and oxygen atoms in total. The topological polar surface area (TPSA) is 167 Å². The molecule has 0 aliphatic rings. The van der Waals surface area contributed by atoms with E-state index in [0.29, 0.717) is 5.75 Å². The fourth-order valence-corrected chi connectivity index (χ4v) is 3.23. The molecule has 0 saturated heterocycles. The van der Waals surface area contributed by atoms with Gasteiger partial charge in [0.15, 0.2) is 12.4 Å². The lowest BCUT2D eigenvalue weighted by molar-refractivity contribution is -0.146. The van der Waals surface area contributed by atoms with Crippen LogP contribution in [-0.4, -0.2) is 55.8 Å². The highest BCUT2D eigenvalue weighted by molar-refractivity contribution is 5.97. The fraction of sp³-hybridized carbons (Fsp3) is 0.0909. The molecule has 0 amide bonds. The van der Waals surface area contributed by atoms with Crippen molar-refractivity contribution in [3.8, 4) is 23.0 Å². The van der Waals surface area contributed by atoms with E-state index in [0.717, 1.165) is 24.3 Å². The van der Waals surface area contributed by atoms with E-state index in [-0.39, 0.29) is 53.1 Å². The highest BCUT2D eigenvalue weighted by Gasteiger charge is 2.21. The van der Waals surface area contributed by atoms with Crippen molar-refractivity contribution < 1.29 is 61.9 Å². The first-order chi connectivity index (χ1) is 22.1. The van der Waals surface area contributed by atoms with Crippen LogP contribution in [-0.2, 0) is 28.6 Å². The Hall–Kier alpha value is -6.50. The molecule has 0 aromatic heterocycles. The van der Waals surface area contributed by atoms with Crippen molar-refractivity contribution in [1.82, 2.24) is 0 Å². The van der Waals surface area contributed by atoms with Crippen LogP contribution in [0, 0.1) is 0 Å². The molecule has 13 heteroatoms. The smallest absolute Gasteiger partial charge is 0.344 e. The van der Waals surface area contributed by atoms with Crippen LogP contribution >= 0.6 is 0 Å². The lowest BCUT2D eigenvalue weighted by Gasteiger charge is -2.13. The molecule has 0 unspecified atom stereocenters. The van der Waals surface area contributed by atoms with Crippen LogP contribution in [0.2, 0.25) is 0 Å². The monoisotopic (exact) mass is 630 g/mol. The van der Waals surface area contributed by atoms with Crippen LogP contribution in [0.15, 0.2) is 105 Å². The highest BCUT2D eigenvalue weighted by atomic mass is 16.7. The maximum atomic E-state index is 12.9. The number of ether oxygens (including phenoxy) is 7. The zero-order valence-electron chi connectivity index (χ0n) is 24.1. The summed E-state index contributed by atoms with van der Waals surface area (Å²) < 4.78 is 35.6. The van der Waals surface area contributed by atoms with Crippen LogP contribution in [0.5, 0.6) is 23.0 Å². The van der Waals surface area contributed by atoms with E-state index in [9.17, 15) is 28.8 Å². The van der Waals surface area contributed by atoms with Crippen molar-refractivity contribution in [3.05, 3.63) is 121 Å². The van der Waals surface area contributed by atoms with Gasteiger partial charge in [0.1, 0.15) is 28.6 Å². The van der Waals surface area contributed by atoms with Gasteiger partial charge in [-0.15, -0.1) is 0 Å². The first-order valence-electron chi connectivity index (χ1n) is 13.1. The van der Waals surface area contributed by atoms with Crippen LogP contribution in [0.3, 0.4) is 0 Å². The largest absolute Gasteiger partial charge is 0.485 e. The van der Waals surface area contributed by atoms with Crippen molar-refractivity contribution in [2.24, 2.45) is 0 Å². The van der Waals surface area contributed by atoms with Crippen LogP contribution in [0.25, 0.3) is 0 Å². The predicted octanol–water partition coefficient (Wildman–Crippen LogP) is 4.17. The fourth-order valence-electron chi connectivity index (χ4n) is 3.23. The summed E-state index contributed by atoms with van der Waals surface area (Å²) in [5.41, 5.74) is -0.163. The van der Waals surface area contributed by atoms with Gasteiger partial charge in [0, 0.05) is 12.2 Å². The first-order valence-corrected chi connectivity index (χ1v) is 13.1. The second-order valence-electron chi connectivity index (χ2n) is 8.59. The molecule has 0 aliphatic heterocycles. The summed E-state index contributed by atoms with van der Waals surface area (Å²) in [7, 11) is 0. The van der Waals surface area contributed by atoms with Gasteiger partial charge in [0.25, 0.3) is 0 Å². The summed E-state index contributed by atoms with van der Waals surface area (Å²) in [6, 6.07) is 14.9. The standard InChI is InChI=1S/C33H26O13/c1-4-23(34)18-40-24-11-7-21(8-12-24)31(37)45-26-15-16-28(27(17-26)33(39)44-20-43-30(36)6-3)46-32(38)22-9-13-25(14-10-22)41-19-42-29(35)5-2/h4-17H,1-3,18-20H2. The molecule has 3 aromatic carbocycles. The number of rotatable bonds is 16. The van der Waals surface area contributed by atoms with Crippen LogP contribution < -0.4 is 18.9 Å². The Balaban J connectivity index is 1.75. The van der Waals surface area contributed by atoms with E-state index < -0.39 is 36.6 Å². The molecule has 3 rings (SSSR count). The number of hydrogen-bond donors (Lipinski definition) is 0. The molecular formula is C33H26O13. The first kappa shape index (κ1) is 34.0. The Morgan fingerprint density at radius 3 is 1.63 bits per heavy atom. The van der Waals surface area contributed by atoms with E-state index in [2.05, 4.69) is 24.5 Å². The molecule has 0 atom stereocenters. The van der Waals surface area contributed by atoms with Crippen LogP contribution in [0.1, 0.15) is 31.1 Å². The Bertz CT molecular complexity index is 1640. The summed E-state index contributed by atoms with van der Waals surface area (Å²) in [5, 5.41) is 0. The third-order valence-electron chi connectivity index (χ3n) is 5.52. The van der Waals surface area contributed by atoms with E-state index in [1.807, 2.05) is 0 Å². The Morgan fingerprint density at radius 1 is 0.543 bits per heavy atom. The lowest BCUT2D eigenvalue weighted by Crippen LogP contribution is -2.16. The summed E-state index contributed by atoms with van der Waals surface area (Å²) in [6.45, 7) is 8.48. The van der Waals surface area contributed by atoms with E-state index in [1.165, 1.54) is 60.7 Å². The summed E-state index contributed by atoms with van der Waals surface area (Å²) in [5.74, 6) is -4.38. The maximum absolute atomic E-state index is 12.9. The van der Waals surface area contributed by atoms with Gasteiger partial charge in [0.05, 0.1) is 11.1 Å². The Kier molecular flexibility index (Phi) is 12.5. The molecule has 46 heavy (non-hydrogen) atoms. The molecule has 0 N–H and O–H groups in total. The van der Waals surface area contributed by atoms with E-state index in [1.54, 1.807) is 0 Å². The number of hydrogen-bond acceptors (Lipinski definition) is 13. The number of ketones is 1. The molecule has 0 saturated carbocycles. The second-order valence-corrected chi connectivity index (χ2v) is 8.59. The molecule has 0 fully saturated rings. The van der Waals surface area contributed by atoms with Gasteiger partial charge in [-0.2, -0.15) is 0 Å². The van der Waals surface area contributed by atoms with Crippen LogP contribution in [0.4, 0.5) is 0 Å². The summed E-state index contributed by atoms with van der Waals surface area (Å²) >= 11 is 0. The molecule has 236 valence electrons. The Labute approximate surface area is 262 Å². The average Bonchev–Trinajstić information content (AvgIpc) is 3.07. The number of esters is 5. The van der Waals surface area contributed by atoms with Gasteiger partial charge in [0.2, 0.25) is 13.6 Å². The van der Waals surface area contributed by atoms with Gasteiger partial charge < -0.3 is 33.2 Å². The maximum Gasteiger partial charge on any atom is 0.344 e. The molecule has 0 heterocycles. The van der Waals surface area contributed by atoms with Gasteiger partial charge >= 0.3 is 29.8 Å². The van der Waals surface area contributed by atoms with Gasteiger partial charge in [-0.05, 0) is 72.8 Å². The number of carbonyl (C=O) groups is 6. The average molecular weight is 631 g/mol. The van der Waals surface area contributed by atoms with E-state index in [4.69, 9.17) is 28.4 Å². The normalized spacial score (nSPS) is 9.91. The molecule has 0 aliphatic carbocycles. The van der Waals surface area contributed by atoms with Gasteiger partial charge in [-0.1, -0.05) is 19.7 Å². The third kappa shape index (κ3) is 10.3. The predicted molar refractivity (Wildman–Crippen MR) is 158 cm³/mol. The molecule has 0 spiro atoms. The van der Waals surface area contributed by atoms with Gasteiger partial charge in [-0.3, -0.25) is 4.79 Å². The highest BCUT2D eigenvalue weighted by Crippen LogP contribution is 2.27. The second kappa shape index (κ2) is 17.0. The van der Waals surface area contributed by atoms with Crippen molar-refractivity contribution >= 4 is 35.6 Å². The Morgan fingerprint density at radius 2 is 1.07 bits per heavy atom. The van der Waals surface area contributed by atoms with E-state index >= 15 is 0 Å².